The molecule has 1 saturated carbocycles. The van der Waals surface area contributed by atoms with Crippen molar-refractivity contribution in [1.29, 1.82) is 0 Å². The van der Waals surface area contributed by atoms with Crippen molar-refractivity contribution in [2.24, 2.45) is 11.8 Å². The van der Waals surface area contributed by atoms with E-state index < -0.39 is 0 Å². The summed E-state index contributed by atoms with van der Waals surface area (Å²) in [5, 5.41) is 0. The number of carbonyl (C=O) groups excluding carboxylic acids is 1. The molecule has 2 fully saturated rings. The topological polar surface area (TPSA) is 20.3 Å². The second-order valence-electron chi connectivity index (χ2n) is 9.05. The molecule has 1 saturated heterocycles. The molecular weight excluding hydrogens is 294 g/mol. The van der Waals surface area contributed by atoms with E-state index in [9.17, 15) is 4.79 Å². The maximum atomic E-state index is 12.7. The quantitative estimate of drug-likeness (QED) is 0.737. The number of likely N-dealkylation sites (tertiary alicyclic amines) is 1. The summed E-state index contributed by atoms with van der Waals surface area (Å²) < 4.78 is 0. The molecule has 2 heteroatoms. The third kappa shape index (κ3) is 3.68. The first-order valence-electron chi connectivity index (χ1n) is 9.74. The van der Waals surface area contributed by atoms with Crippen LogP contribution < -0.4 is 0 Å². The maximum absolute atomic E-state index is 12.7. The van der Waals surface area contributed by atoms with Crippen LogP contribution in [0.3, 0.4) is 0 Å². The highest BCUT2D eigenvalue weighted by Gasteiger charge is 2.33. The van der Waals surface area contributed by atoms with Crippen LogP contribution in [0.4, 0.5) is 0 Å². The molecule has 0 spiro atoms. The molecule has 2 nitrogen and oxygen atoms in total. The molecule has 132 valence electrons. The van der Waals surface area contributed by atoms with Crippen molar-refractivity contribution in [3.05, 3.63) is 35.4 Å². The van der Waals surface area contributed by atoms with E-state index in [1.807, 2.05) is 0 Å². The van der Waals surface area contributed by atoms with Gasteiger partial charge in [0.25, 0.3) is 0 Å². The van der Waals surface area contributed by atoms with E-state index in [1.165, 1.54) is 17.5 Å². The summed E-state index contributed by atoms with van der Waals surface area (Å²) in [6.45, 7) is 11.0. The third-order valence-corrected chi connectivity index (χ3v) is 6.06. The Balaban J connectivity index is 1.65. The van der Waals surface area contributed by atoms with Gasteiger partial charge >= 0.3 is 0 Å². The van der Waals surface area contributed by atoms with Crippen molar-refractivity contribution in [1.82, 2.24) is 4.90 Å². The van der Waals surface area contributed by atoms with E-state index >= 15 is 0 Å². The number of nitrogens with zero attached hydrogens (tertiary/aromatic N) is 1. The van der Waals surface area contributed by atoms with Gasteiger partial charge in [-0.15, -0.1) is 0 Å². The van der Waals surface area contributed by atoms with Gasteiger partial charge in [0.2, 0.25) is 5.91 Å². The van der Waals surface area contributed by atoms with Crippen molar-refractivity contribution in [2.45, 2.75) is 71.1 Å². The molecule has 0 unspecified atom stereocenters. The standard InChI is InChI=1S/C22H33NO/c1-16-9-10-18(15-16)21(24)23-13-11-17(12-14-23)19-7-5-6-8-20(19)22(2,3)4/h5-8,16-18H,9-15H2,1-4H3/t16-,18+/m0/s1. The van der Waals surface area contributed by atoms with Crippen LogP contribution in [-0.2, 0) is 10.2 Å². The molecule has 1 aromatic carbocycles. The lowest BCUT2D eigenvalue weighted by Crippen LogP contribution is -2.41. The molecule has 1 aliphatic carbocycles. The summed E-state index contributed by atoms with van der Waals surface area (Å²) >= 11 is 0. The van der Waals surface area contributed by atoms with Crippen LogP contribution in [-0.4, -0.2) is 23.9 Å². The van der Waals surface area contributed by atoms with Crippen LogP contribution in [0, 0.1) is 11.8 Å². The second-order valence-corrected chi connectivity index (χ2v) is 9.05. The summed E-state index contributed by atoms with van der Waals surface area (Å²) in [6.07, 6.45) is 5.66. The zero-order valence-electron chi connectivity index (χ0n) is 15.8. The molecule has 0 N–H and O–H groups in total. The minimum Gasteiger partial charge on any atom is -0.342 e. The zero-order chi connectivity index (χ0) is 17.3. The molecule has 1 amide bonds. The lowest BCUT2D eigenvalue weighted by molar-refractivity contribution is -0.136. The molecule has 0 bridgehead atoms. The average Bonchev–Trinajstić information content (AvgIpc) is 3.00. The molecule has 1 aliphatic heterocycles. The zero-order valence-corrected chi connectivity index (χ0v) is 15.8. The van der Waals surface area contributed by atoms with Gasteiger partial charge in [-0.05, 0) is 60.5 Å². The number of rotatable bonds is 2. The Morgan fingerprint density at radius 3 is 2.29 bits per heavy atom. The van der Waals surface area contributed by atoms with Gasteiger partial charge < -0.3 is 4.90 Å². The Bertz CT molecular complexity index is 578. The average molecular weight is 328 g/mol. The van der Waals surface area contributed by atoms with Crippen LogP contribution in [0.15, 0.2) is 24.3 Å². The van der Waals surface area contributed by atoms with Gasteiger partial charge in [0, 0.05) is 19.0 Å². The van der Waals surface area contributed by atoms with Crippen molar-refractivity contribution >= 4 is 5.91 Å². The number of piperidine rings is 1. The van der Waals surface area contributed by atoms with E-state index in [2.05, 4.69) is 56.9 Å². The molecular formula is C22H33NO. The maximum Gasteiger partial charge on any atom is 0.225 e. The lowest BCUT2D eigenvalue weighted by Gasteiger charge is -2.36. The van der Waals surface area contributed by atoms with E-state index in [-0.39, 0.29) is 5.41 Å². The van der Waals surface area contributed by atoms with E-state index in [0.29, 0.717) is 17.7 Å². The van der Waals surface area contributed by atoms with Crippen molar-refractivity contribution in [3.63, 3.8) is 0 Å². The first-order valence-corrected chi connectivity index (χ1v) is 9.74. The number of hydrogen-bond acceptors (Lipinski definition) is 1. The smallest absolute Gasteiger partial charge is 0.225 e. The Kier molecular flexibility index (Phi) is 5.03. The SMILES string of the molecule is C[C@H]1CC[C@@H](C(=O)N2CCC(c3ccccc3C(C)(C)C)CC2)C1. The van der Waals surface area contributed by atoms with Gasteiger partial charge in [0.1, 0.15) is 0 Å². The largest absolute Gasteiger partial charge is 0.342 e. The fraction of sp³-hybridized carbons (Fsp3) is 0.682. The molecule has 1 aromatic rings. The van der Waals surface area contributed by atoms with E-state index in [1.54, 1.807) is 0 Å². The Morgan fingerprint density at radius 1 is 1.04 bits per heavy atom. The van der Waals surface area contributed by atoms with Crippen LogP contribution in [0.25, 0.3) is 0 Å². The summed E-state index contributed by atoms with van der Waals surface area (Å²) in [7, 11) is 0. The van der Waals surface area contributed by atoms with Crippen molar-refractivity contribution < 1.29 is 4.79 Å². The summed E-state index contributed by atoms with van der Waals surface area (Å²) in [5.41, 5.74) is 3.16. The van der Waals surface area contributed by atoms with Gasteiger partial charge in [0.15, 0.2) is 0 Å². The fourth-order valence-corrected chi connectivity index (χ4v) is 4.64. The van der Waals surface area contributed by atoms with Crippen LogP contribution in [0.1, 0.15) is 76.8 Å². The Hall–Kier alpha value is -1.31. The minimum absolute atomic E-state index is 0.184. The first-order chi connectivity index (χ1) is 11.4. The Labute approximate surface area is 147 Å². The highest BCUT2D eigenvalue weighted by atomic mass is 16.2. The number of amides is 1. The van der Waals surface area contributed by atoms with Gasteiger partial charge in [0.05, 0.1) is 0 Å². The Morgan fingerprint density at radius 2 is 1.71 bits per heavy atom. The van der Waals surface area contributed by atoms with Crippen LogP contribution in [0.5, 0.6) is 0 Å². The summed E-state index contributed by atoms with van der Waals surface area (Å²) in [6, 6.07) is 8.92. The molecule has 3 rings (SSSR count). The highest BCUT2D eigenvalue weighted by Crippen LogP contribution is 2.37. The van der Waals surface area contributed by atoms with Gasteiger partial charge in [-0.25, -0.2) is 0 Å². The summed E-state index contributed by atoms with van der Waals surface area (Å²) in [5.74, 6) is 2.07. The number of hydrogen-bond donors (Lipinski definition) is 0. The number of benzene rings is 1. The highest BCUT2D eigenvalue weighted by molar-refractivity contribution is 5.79. The van der Waals surface area contributed by atoms with Gasteiger partial charge in [-0.1, -0.05) is 52.0 Å². The second kappa shape index (κ2) is 6.90. The van der Waals surface area contributed by atoms with Gasteiger partial charge in [-0.3, -0.25) is 4.79 Å². The van der Waals surface area contributed by atoms with Crippen molar-refractivity contribution in [2.75, 3.05) is 13.1 Å². The molecule has 24 heavy (non-hydrogen) atoms. The molecule has 2 aliphatic rings. The predicted octanol–water partition coefficient (Wildman–Crippen LogP) is 5.13. The molecule has 0 radical (unpaired) electrons. The van der Waals surface area contributed by atoms with Crippen LogP contribution in [0.2, 0.25) is 0 Å². The van der Waals surface area contributed by atoms with Crippen LogP contribution >= 0.6 is 0 Å². The minimum atomic E-state index is 0.184. The molecule has 2 atom stereocenters. The fourth-order valence-electron chi connectivity index (χ4n) is 4.64. The van der Waals surface area contributed by atoms with E-state index in [0.717, 1.165) is 44.7 Å². The predicted molar refractivity (Wildman–Crippen MR) is 100 cm³/mol. The summed E-state index contributed by atoms with van der Waals surface area (Å²) in [4.78, 5) is 14.9. The monoisotopic (exact) mass is 327 g/mol. The first kappa shape index (κ1) is 17.5. The van der Waals surface area contributed by atoms with Crippen molar-refractivity contribution in [3.8, 4) is 0 Å². The van der Waals surface area contributed by atoms with E-state index in [4.69, 9.17) is 0 Å². The lowest BCUT2D eigenvalue weighted by atomic mass is 9.77. The molecule has 1 heterocycles. The van der Waals surface area contributed by atoms with Gasteiger partial charge in [-0.2, -0.15) is 0 Å². The number of carbonyl (C=O) groups is 1. The normalized spacial score (nSPS) is 25.9. The third-order valence-electron chi connectivity index (χ3n) is 6.06. The molecule has 0 aromatic heterocycles.